The summed E-state index contributed by atoms with van der Waals surface area (Å²) in [6, 6.07) is 5.77. The second kappa shape index (κ2) is 5.92. The number of hydrogen-bond acceptors (Lipinski definition) is 5. The SMILES string of the molecule is COc1ccc(C(=O)N2CC[C@@H](c3nc(C)no3)C2)cc1C1CC1. The lowest BCUT2D eigenvalue weighted by atomic mass is 10.0. The summed E-state index contributed by atoms with van der Waals surface area (Å²) in [4.78, 5) is 19.0. The molecular weight excluding hydrogens is 306 g/mol. The molecule has 1 amide bonds. The number of carbonyl (C=O) groups is 1. The van der Waals surface area contributed by atoms with Gasteiger partial charge in [-0.05, 0) is 55.9 Å². The van der Waals surface area contributed by atoms with Crippen LogP contribution in [-0.2, 0) is 0 Å². The van der Waals surface area contributed by atoms with E-state index in [1.807, 2.05) is 30.0 Å². The maximum Gasteiger partial charge on any atom is 0.253 e. The Labute approximate surface area is 140 Å². The first-order valence-corrected chi connectivity index (χ1v) is 8.43. The van der Waals surface area contributed by atoms with Gasteiger partial charge < -0.3 is 14.2 Å². The molecule has 6 nitrogen and oxygen atoms in total. The number of ether oxygens (including phenoxy) is 1. The molecule has 1 aromatic carbocycles. The van der Waals surface area contributed by atoms with Crippen molar-refractivity contribution in [3.05, 3.63) is 41.0 Å². The number of amides is 1. The highest BCUT2D eigenvalue weighted by molar-refractivity contribution is 5.95. The van der Waals surface area contributed by atoms with Crippen LogP contribution in [-0.4, -0.2) is 41.1 Å². The average Bonchev–Trinajstić information content (AvgIpc) is 3.17. The maximum atomic E-state index is 12.8. The fraction of sp³-hybridized carbons (Fsp3) is 0.500. The third-order valence-electron chi connectivity index (χ3n) is 4.86. The molecule has 2 aliphatic rings. The van der Waals surface area contributed by atoms with E-state index in [9.17, 15) is 4.79 Å². The molecule has 126 valence electrons. The van der Waals surface area contributed by atoms with Crippen LogP contribution >= 0.6 is 0 Å². The Hall–Kier alpha value is -2.37. The molecule has 2 aromatic rings. The van der Waals surface area contributed by atoms with E-state index < -0.39 is 0 Å². The standard InChI is InChI=1S/C18H21N3O3/c1-11-19-17(24-20-11)14-7-8-21(10-14)18(22)13-5-6-16(23-2)15(9-13)12-3-4-12/h5-6,9,12,14H,3-4,7-8,10H2,1-2H3/t14-/m1/s1. The number of likely N-dealkylation sites (tertiary alicyclic amines) is 1. The Balaban J connectivity index is 1.51. The molecule has 1 aromatic heterocycles. The number of carbonyl (C=O) groups excluding carboxylic acids is 1. The van der Waals surface area contributed by atoms with Gasteiger partial charge in [-0.2, -0.15) is 4.98 Å². The van der Waals surface area contributed by atoms with Crippen molar-refractivity contribution >= 4 is 5.91 Å². The van der Waals surface area contributed by atoms with Gasteiger partial charge in [0.25, 0.3) is 5.91 Å². The molecule has 1 saturated carbocycles. The highest BCUT2D eigenvalue weighted by atomic mass is 16.5. The van der Waals surface area contributed by atoms with Gasteiger partial charge in [-0.3, -0.25) is 4.79 Å². The van der Waals surface area contributed by atoms with Crippen LogP contribution in [0.4, 0.5) is 0 Å². The van der Waals surface area contributed by atoms with Gasteiger partial charge in [-0.15, -0.1) is 0 Å². The number of benzene rings is 1. The molecule has 0 N–H and O–H groups in total. The molecule has 0 unspecified atom stereocenters. The highest BCUT2D eigenvalue weighted by Gasteiger charge is 2.32. The first kappa shape index (κ1) is 15.2. The van der Waals surface area contributed by atoms with E-state index in [1.54, 1.807) is 7.11 Å². The molecule has 4 rings (SSSR count). The second-order valence-electron chi connectivity index (χ2n) is 6.65. The number of methoxy groups -OCH3 is 1. The fourth-order valence-corrected chi connectivity index (χ4v) is 3.39. The summed E-state index contributed by atoms with van der Waals surface area (Å²) in [5, 5.41) is 3.84. The first-order chi connectivity index (χ1) is 11.7. The van der Waals surface area contributed by atoms with Gasteiger partial charge in [-0.25, -0.2) is 0 Å². The predicted molar refractivity (Wildman–Crippen MR) is 87.3 cm³/mol. The molecule has 0 bridgehead atoms. The fourth-order valence-electron chi connectivity index (χ4n) is 3.39. The summed E-state index contributed by atoms with van der Waals surface area (Å²) in [5.41, 5.74) is 1.90. The van der Waals surface area contributed by atoms with Crippen molar-refractivity contribution < 1.29 is 14.1 Å². The summed E-state index contributed by atoms with van der Waals surface area (Å²) in [6.45, 7) is 3.16. The number of nitrogens with zero attached hydrogens (tertiary/aromatic N) is 3. The summed E-state index contributed by atoms with van der Waals surface area (Å²) in [6.07, 6.45) is 3.21. The minimum absolute atomic E-state index is 0.0679. The van der Waals surface area contributed by atoms with Crippen molar-refractivity contribution in [2.24, 2.45) is 0 Å². The van der Waals surface area contributed by atoms with Crippen LogP contribution in [0.25, 0.3) is 0 Å². The third kappa shape index (κ3) is 2.77. The van der Waals surface area contributed by atoms with E-state index in [0.29, 0.717) is 24.2 Å². The molecule has 1 aliphatic carbocycles. The van der Waals surface area contributed by atoms with Gasteiger partial charge in [-0.1, -0.05) is 5.16 Å². The molecule has 6 heteroatoms. The smallest absolute Gasteiger partial charge is 0.253 e. The number of rotatable bonds is 4. The van der Waals surface area contributed by atoms with E-state index >= 15 is 0 Å². The molecule has 1 aliphatic heterocycles. The molecule has 2 heterocycles. The lowest BCUT2D eigenvalue weighted by Crippen LogP contribution is -2.28. The summed E-state index contributed by atoms with van der Waals surface area (Å²) >= 11 is 0. The van der Waals surface area contributed by atoms with Crippen LogP contribution in [0.3, 0.4) is 0 Å². The largest absolute Gasteiger partial charge is 0.496 e. The molecule has 24 heavy (non-hydrogen) atoms. The minimum Gasteiger partial charge on any atom is -0.496 e. The lowest BCUT2D eigenvalue weighted by Gasteiger charge is -2.17. The minimum atomic E-state index is 0.0679. The van der Waals surface area contributed by atoms with E-state index in [-0.39, 0.29) is 11.8 Å². The van der Waals surface area contributed by atoms with Crippen molar-refractivity contribution in [3.63, 3.8) is 0 Å². The molecule has 1 saturated heterocycles. The molecule has 1 atom stereocenters. The molecule has 0 radical (unpaired) electrons. The van der Waals surface area contributed by atoms with Crippen molar-refractivity contribution in [2.75, 3.05) is 20.2 Å². The third-order valence-corrected chi connectivity index (χ3v) is 4.86. The van der Waals surface area contributed by atoms with E-state index in [0.717, 1.165) is 29.8 Å². The van der Waals surface area contributed by atoms with E-state index in [2.05, 4.69) is 10.1 Å². The Morgan fingerprint density at radius 3 is 2.79 bits per heavy atom. The molecule has 2 fully saturated rings. The first-order valence-electron chi connectivity index (χ1n) is 8.43. The summed E-state index contributed by atoms with van der Waals surface area (Å²) < 4.78 is 10.7. The van der Waals surface area contributed by atoms with Gasteiger partial charge in [0.1, 0.15) is 5.75 Å². The Morgan fingerprint density at radius 2 is 2.12 bits per heavy atom. The van der Waals surface area contributed by atoms with Gasteiger partial charge in [0.2, 0.25) is 5.89 Å². The Kier molecular flexibility index (Phi) is 3.75. The Bertz CT molecular complexity index is 767. The zero-order valence-electron chi connectivity index (χ0n) is 14.0. The van der Waals surface area contributed by atoms with E-state index in [4.69, 9.17) is 9.26 Å². The zero-order chi connectivity index (χ0) is 16.7. The predicted octanol–water partition coefficient (Wildman–Crippen LogP) is 2.89. The second-order valence-corrected chi connectivity index (χ2v) is 6.65. The number of hydrogen-bond donors (Lipinski definition) is 0. The number of aryl methyl sites for hydroxylation is 1. The summed E-state index contributed by atoms with van der Waals surface area (Å²) in [5.74, 6) is 2.90. The van der Waals surface area contributed by atoms with Crippen LogP contribution in [0.1, 0.15) is 58.7 Å². The maximum absolute atomic E-state index is 12.8. The van der Waals surface area contributed by atoms with Crippen molar-refractivity contribution in [3.8, 4) is 5.75 Å². The monoisotopic (exact) mass is 327 g/mol. The Morgan fingerprint density at radius 1 is 1.29 bits per heavy atom. The van der Waals surface area contributed by atoms with Gasteiger partial charge in [0.05, 0.1) is 13.0 Å². The van der Waals surface area contributed by atoms with Crippen molar-refractivity contribution in [1.82, 2.24) is 15.0 Å². The van der Waals surface area contributed by atoms with Crippen LogP contribution in [0.2, 0.25) is 0 Å². The summed E-state index contributed by atoms with van der Waals surface area (Å²) in [7, 11) is 1.68. The van der Waals surface area contributed by atoms with E-state index in [1.165, 1.54) is 12.8 Å². The quantitative estimate of drug-likeness (QED) is 0.863. The van der Waals surface area contributed by atoms with Gasteiger partial charge in [0.15, 0.2) is 5.82 Å². The van der Waals surface area contributed by atoms with Crippen LogP contribution < -0.4 is 4.74 Å². The molecule has 0 spiro atoms. The lowest BCUT2D eigenvalue weighted by molar-refractivity contribution is 0.0789. The topological polar surface area (TPSA) is 68.5 Å². The normalized spacial score (nSPS) is 20.4. The number of aromatic nitrogens is 2. The van der Waals surface area contributed by atoms with Crippen LogP contribution in [0, 0.1) is 6.92 Å². The van der Waals surface area contributed by atoms with Crippen molar-refractivity contribution in [2.45, 2.75) is 38.0 Å². The van der Waals surface area contributed by atoms with Crippen molar-refractivity contribution in [1.29, 1.82) is 0 Å². The van der Waals surface area contributed by atoms with Gasteiger partial charge >= 0.3 is 0 Å². The highest BCUT2D eigenvalue weighted by Crippen LogP contribution is 2.44. The average molecular weight is 327 g/mol. The molecular formula is C18H21N3O3. The van der Waals surface area contributed by atoms with Gasteiger partial charge in [0, 0.05) is 18.7 Å². The zero-order valence-corrected chi connectivity index (χ0v) is 14.0. The van der Waals surface area contributed by atoms with Crippen LogP contribution in [0.15, 0.2) is 22.7 Å². The van der Waals surface area contributed by atoms with Crippen LogP contribution in [0.5, 0.6) is 5.75 Å².